The lowest BCUT2D eigenvalue weighted by atomic mass is 10.3. The highest BCUT2D eigenvalue weighted by Gasteiger charge is 2.27. The van der Waals surface area contributed by atoms with Gasteiger partial charge in [0.25, 0.3) is 0 Å². The molecule has 4 heteroatoms. The van der Waals surface area contributed by atoms with Crippen molar-refractivity contribution >= 4 is 64.0 Å². The van der Waals surface area contributed by atoms with Gasteiger partial charge in [-0.15, -0.1) is 0 Å². The van der Waals surface area contributed by atoms with Crippen molar-refractivity contribution in [3.8, 4) is 0 Å². The molecule has 40 heavy (non-hydrogen) atoms. The molecule has 0 fully saturated rings. The molecule has 0 aliphatic heterocycles. The van der Waals surface area contributed by atoms with Crippen LogP contribution >= 0.6 is 23.8 Å². The van der Waals surface area contributed by atoms with Gasteiger partial charge in [-0.05, 0) is 34.0 Å². The van der Waals surface area contributed by atoms with Crippen LogP contribution in [0.4, 0.5) is 0 Å². The Morgan fingerprint density at radius 2 is 0.550 bits per heavy atom. The summed E-state index contributed by atoms with van der Waals surface area (Å²) in [4.78, 5) is 0. The molecule has 0 aliphatic carbocycles. The van der Waals surface area contributed by atoms with Gasteiger partial charge in [0.15, 0.2) is 0 Å². The van der Waals surface area contributed by atoms with E-state index in [-0.39, 0.29) is 23.8 Å². The molecule has 0 saturated carbocycles. The van der Waals surface area contributed by atoms with Gasteiger partial charge in [-0.1, -0.05) is 196 Å². The molecule has 0 saturated heterocycles. The summed E-state index contributed by atoms with van der Waals surface area (Å²) in [5.74, 6) is 0. The molecule has 0 atom stereocenters. The normalized spacial score (nSPS) is 12.5. The number of hydrogen-bond acceptors (Lipinski definition) is 0. The average Bonchev–Trinajstić information content (AvgIpc) is 2.86. The van der Waals surface area contributed by atoms with Crippen molar-refractivity contribution in [3.63, 3.8) is 0 Å². The first-order valence-electron chi connectivity index (χ1n) is 15.4. The van der Waals surface area contributed by atoms with Gasteiger partial charge in [0, 0.05) is 0 Å². The second-order valence-electron chi connectivity index (χ2n) is 12.7. The second-order valence-corrected chi connectivity index (χ2v) is 25.2. The first kappa shape index (κ1) is 33.7. The summed E-state index contributed by atoms with van der Waals surface area (Å²) >= 11 is 0. The van der Waals surface area contributed by atoms with Crippen LogP contribution < -0.4 is 31.5 Å². The first-order chi connectivity index (χ1) is 18.9. The molecular weight excluding hydrogens is 553 g/mol. The Balaban J connectivity index is 2.48. The number of hydrogen-bond donors (Lipinski definition) is 0. The first-order valence-corrected chi connectivity index (χ1v) is 21.3. The Kier molecular flexibility index (Phi) is 12.7. The minimum atomic E-state index is -1.25. The molecule has 0 heterocycles. The van der Waals surface area contributed by atoms with E-state index in [1.165, 1.54) is 0 Å². The monoisotopic (exact) mass is 607 g/mol. The zero-order valence-corrected chi connectivity index (χ0v) is 30.9. The molecule has 3 rings (SSSR count). The molecule has 3 aromatic rings. The molecule has 0 radical (unpaired) electrons. The summed E-state index contributed by atoms with van der Waals surface area (Å²) in [6.07, 6.45) is 0. The van der Waals surface area contributed by atoms with E-state index in [1.54, 1.807) is 31.5 Å². The summed E-state index contributed by atoms with van der Waals surface area (Å²) in [7, 11) is -2.06. The molecular formula is C36H54P3Si-. The maximum Gasteiger partial charge on any atom is -0.0224 e. The summed E-state index contributed by atoms with van der Waals surface area (Å²) in [6.45, 7) is 29.4. The van der Waals surface area contributed by atoms with Crippen molar-refractivity contribution in [2.75, 3.05) is 0 Å². The van der Waals surface area contributed by atoms with Crippen LogP contribution in [0.15, 0.2) is 72.8 Å². The fourth-order valence-corrected chi connectivity index (χ4v) is 20.2. The van der Waals surface area contributed by atoms with E-state index in [2.05, 4.69) is 156 Å². The smallest absolute Gasteiger partial charge is 0.0224 e. The topological polar surface area (TPSA) is 0 Å². The van der Waals surface area contributed by atoms with Crippen molar-refractivity contribution in [1.82, 2.24) is 0 Å². The summed E-state index contributed by atoms with van der Waals surface area (Å²) in [6, 6.07) is 29.0. The third kappa shape index (κ3) is 7.56. The van der Waals surface area contributed by atoms with Gasteiger partial charge in [-0.3, -0.25) is 0 Å². The zero-order valence-electron chi connectivity index (χ0n) is 27.2. The minimum Gasteiger partial charge on any atom is -0.217 e. The highest BCUT2D eigenvalue weighted by atomic mass is 31.1. The van der Waals surface area contributed by atoms with Crippen molar-refractivity contribution < 1.29 is 0 Å². The molecule has 0 unspecified atom stereocenters. The van der Waals surface area contributed by atoms with Crippen molar-refractivity contribution in [2.24, 2.45) is 0 Å². The molecule has 0 bridgehead atoms. The van der Waals surface area contributed by atoms with Crippen molar-refractivity contribution in [3.05, 3.63) is 72.8 Å². The quantitative estimate of drug-likeness (QED) is 0.111. The maximum absolute atomic E-state index is 2.53. The van der Waals surface area contributed by atoms with E-state index in [0.717, 1.165) is 0 Å². The molecule has 0 nitrogen and oxygen atoms in total. The maximum atomic E-state index is 2.53. The molecule has 0 spiro atoms. The van der Waals surface area contributed by atoms with Crippen LogP contribution in [0.25, 0.3) is 0 Å². The Hall–Kier alpha value is -0.833. The molecule has 0 aliphatic rings. The van der Waals surface area contributed by atoms with Crippen LogP contribution in [0, 0.1) is 0 Å². The largest absolute Gasteiger partial charge is 0.217 e. The molecule has 0 N–H and O–H groups in total. The summed E-state index contributed by atoms with van der Waals surface area (Å²) in [5.41, 5.74) is 3.98. The average molecular weight is 608 g/mol. The van der Waals surface area contributed by atoms with E-state index in [1.807, 2.05) is 0 Å². The van der Waals surface area contributed by atoms with Gasteiger partial charge >= 0.3 is 0 Å². The fraction of sp³-hybridized carbons (Fsp3) is 0.500. The second kappa shape index (κ2) is 15.1. The van der Waals surface area contributed by atoms with E-state index in [0.29, 0.717) is 34.0 Å². The highest BCUT2D eigenvalue weighted by Crippen LogP contribution is 2.46. The lowest BCUT2D eigenvalue weighted by Crippen LogP contribution is -2.63. The Morgan fingerprint density at radius 1 is 0.350 bits per heavy atom. The van der Waals surface area contributed by atoms with Crippen LogP contribution in [0.3, 0.4) is 0 Å². The van der Waals surface area contributed by atoms with Crippen LogP contribution in [0.1, 0.15) is 83.1 Å². The fourth-order valence-electron chi connectivity index (χ4n) is 6.62. The van der Waals surface area contributed by atoms with Crippen LogP contribution in [-0.2, 0) is 0 Å². The van der Waals surface area contributed by atoms with Gasteiger partial charge in [0.2, 0.25) is 0 Å². The zero-order chi connectivity index (χ0) is 29.7. The summed E-state index contributed by atoms with van der Waals surface area (Å²) in [5, 5.41) is 9.89. The van der Waals surface area contributed by atoms with Gasteiger partial charge in [0.1, 0.15) is 0 Å². The van der Waals surface area contributed by atoms with E-state index in [9.17, 15) is 0 Å². The van der Waals surface area contributed by atoms with E-state index < -0.39 is 8.80 Å². The third-order valence-electron chi connectivity index (χ3n) is 7.69. The van der Waals surface area contributed by atoms with Crippen LogP contribution in [0.5, 0.6) is 0 Å². The predicted molar refractivity (Wildman–Crippen MR) is 194 cm³/mol. The van der Waals surface area contributed by atoms with Crippen LogP contribution in [0.2, 0.25) is 0 Å². The Morgan fingerprint density at radius 3 is 0.750 bits per heavy atom. The Bertz CT molecular complexity index is 1040. The van der Waals surface area contributed by atoms with Gasteiger partial charge in [0.05, 0.1) is 0 Å². The number of rotatable bonds is 12. The van der Waals surface area contributed by atoms with Gasteiger partial charge in [-0.2, -0.15) is 15.6 Å². The summed E-state index contributed by atoms with van der Waals surface area (Å²) < 4.78 is 0. The standard InChI is InChI=1S/C36H54P3Si/c1-25(2)37(26(3)4)31-19-13-16-22-34(31)40(35-23-17-14-20-32(35)38(27(5)6)28(7)8)36-24-18-15-21-33(36)39(29(9)10)30(11)12/h13-30H,1-12H3/q-1. The SMILES string of the molecule is CC(C)P(c1ccccc1[Si-](c1ccccc1P(C(C)C)C(C)C)c1ccccc1P(C(C)C)C(C)C)C(C)C. The molecule has 3 aromatic carbocycles. The highest BCUT2D eigenvalue weighted by molar-refractivity contribution is 7.69. The van der Waals surface area contributed by atoms with Crippen LogP contribution in [-0.4, -0.2) is 42.8 Å². The van der Waals surface area contributed by atoms with Crippen molar-refractivity contribution in [2.45, 2.75) is 117 Å². The molecule has 0 aromatic heterocycles. The minimum absolute atomic E-state index is 0.271. The van der Waals surface area contributed by atoms with Gasteiger partial charge in [-0.25, -0.2) is 8.80 Å². The molecule has 218 valence electrons. The van der Waals surface area contributed by atoms with E-state index >= 15 is 0 Å². The van der Waals surface area contributed by atoms with Crippen molar-refractivity contribution in [1.29, 1.82) is 0 Å². The van der Waals surface area contributed by atoms with Gasteiger partial charge < -0.3 is 0 Å². The Labute approximate surface area is 253 Å². The van der Waals surface area contributed by atoms with E-state index in [4.69, 9.17) is 0 Å². The lowest BCUT2D eigenvalue weighted by Gasteiger charge is -2.45. The third-order valence-corrected chi connectivity index (χ3v) is 20.8. The number of benzene rings is 3. The lowest BCUT2D eigenvalue weighted by molar-refractivity contribution is 1.02. The molecule has 0 amide bonds. The predicted octanol–water partition coefficient (Wildman–Crippen LogP) is 7.97.